The van der Waals surface area contributed by atoms with Crippen LogP contribution < -0.4 is 5.32 Å². The Bertz CT molecular complexity index is 190. The summed E-state index contributed by atoms with van der Waals surface area (Å²) < 4.78 is 6.27. The molecule has 0 aliphatic carbocycles. The molecule has 4 heteroatoms. The van der Waals surface area contributed by atoms with Gasteiger partial charge in [-0.15, -0.1) is 0 Å². The zero-order valence-electron chi connectivity index (χ0n) is 9.97. The summed E-state index contributed by atoms with van der Waals surface area (Å²) in [6.07, 6.45) is 3.83. The van der Waals surface area contributed by atoms with Crippen molar-refractivity contribution in [3.05, 3.63) is 6.42 Å². The van der Waals surface area contributed by atoms with Crippen molar-refractivity contribution in [3.63, 3.8) is 0 Å². The number of hydrogen-bond donors (Lipinski definition) is 1. The van der Waals surface area contributed by atoms with Gasteiger partial charge in [0.15, 0.2) is 0 Å². The number of carbonyl (C=O) groups excluding carboxylic acids is 1. The number of hydrogen-bond acceptors (Lipinski definition) is 2. The molecule has 0 spiro atoms. The number of unbranched alkanes of at least 4 members (excludes halogenated alkanes) is 1. The molecule has 0 bridgehead atoms. The largest absolute Gasteiger partial charge is 0.444 e. The first kappa shape index (κ1) is 15.0. The van der Waals surface area contributed by atoms with Gasteiger partial charge in [0.05, 0.1) is 0 Å². The van der Waals surface area contributed by atoms with E-state index in [1.54, 1.807) is 0 Å². The number of rotatable bonds is 5. The van der Waals surface area contributed by atoms with E-state index in [1.807, 2.05) is 27.7 Å². The lowest BCUT2D eigenvalue weighted by Gasteiger charge is -2.21. The summed E-state index contributed by atoms with van der Waals surface area (Å²) in [5.41, 5.74) is -0.421. The van der Waals surface area contributed by atoms with Gasteiger partial charge in [-0.25, -0.2) is 4.79 Å². The van der Waals surface area contributed by atoms with E-state index in [4.69, 9.17) is 4.74 Å². The van der Waals surface area contributed by atoms with Gasteiger partial charge in [0, 0.05) is 6.04 Å². The average Bonchev–Trinajstić information content (AvgIpc) is 2.00. The third kappa shape index (κ3) is 10.3. The van der Waals surface area contributed by atoms with Crippen LogP contribution in [0, 0.1) is 6.42 Å². The minimum absolute atomic E-state index is 0.141. The molecular formula is C11H21INO2. The quantitative estimate of drug-likeness (QED) is 0.478. The first-order chi connectivity index (χ1) is 6.85. The summed E-state index contributed by atoms with van der Waals surface area (Å²) in [7, 11) is 0. The molecule has 1 N–H and O–H groups in total. The van der Waals surface area contributed by atoms with Crippen LogP contribution in [-0.4, -0.2) is 22.2 Å². The summed E-state index contributed by atoms with van der Waals surface area (Å²) in [5, 5.41) is 2.80. The van der Waals surface area contributed by atoms with Crippen molar-refractivity contribution in [1.29, 1.82) is 0 Å². The minimum atomic E-state index is -0.421. The van der Waals surface area contributed by atoms with Crippen LogP contribution in [0.5, 0.6) is 0 Å². The number of carbonyl (C=O) groups is 1. The summed E-state index contributed by atoms with van der Waals surface area (Å²) in [6.45, 7) is 7.56. The van der Waals surface area contributed by atoms with Crippen LogP contribution in [0.4, 0.5) is 4.79 Å². The molecule has 0 aliphatic heterocycles. The van der Waals surface area contributed by atoms with Crippen molar-refractivity contribution < 1.29 is 9.53 Å². The molecule has 1 atom stereocenters. The third-order valence-corrected chi connectivity index (χ3v) is 2.22. The van der Waals surface area contributed by atoms with E-state index in [0.29, 0.717) is 0 Å². The van der Waals surface area contributed by atoms with Gasteiger partial charge in [-0.1, -0.05) is 22.6 Å². The van der Waals surface area contributed by atoms with Gasteiger partial charge in [0.25, 0.3) is 0 Å². The number of halogens is 1. The molecule has 0 aromatic heterocycles. The monoisotopic (exact) mass is 326 g/mol. The van der Waals surface area contributed by atoms with Gasteiger partial charge >= 0.3 is 6.09 Å². The number of amides is 1. The highest BCUT2D eigenvalue weighted by Gasteiger charge is 2.17. The average molecular weight is 326 g/mol. The maximum absolute atomic E-state index is 11.4. The molecule has 1 amide bonds. The zero-order chi connectivity index (χ0) is 11.9. The van der Waals surface area contributed by atoms with E-state index >= 15 is 0 Å². The van der Waals surface area contributed by atoms with Crippen LogP contribution >= 0.6 is 22.6 Å². The molecule has 0 aromatic carbocycles. The first-order valence-corrected chi connectivity index (χ1v) is 6.75. The van der Waals surface area contributed by atoms with Crippen molar-refractivity contribution in [2.45, 2.75) is 52.2 Å². The van der Waals surface area contributed by atoms with Gasteiger partial charge in [-0.05, 0) is 51.4 Å². The Kier molecular flexibility index (Phi) is 7.30. The number of ether oxygens (including phenoxy) is 1. The van der Waals surface area contributed by atoms with Crippen LogP contribution in [0.2, 0.25) is 0 Å². The second-order valence-corrected chi connectivity index (χ2v) is 5.63. The maximum atomic E-state index is 11.4. The topological polar surface area (TPSA) is 38.3 Å². The lowest BCUT2D eigenvalue weighted by atomic mass is 10.1. The first-order valence-electron chi connectivity index (χ1n) is 5.22. The van der Waals surface area contributed by atoms with Crippen molar-refractivity contribution in [2.75, 3.05) is 4.43 Å². The predicted octanol–water partition coefficient (Wildman–Crippen LogP) is 3.32. The van der Waals surface area contributed by atoms with Crippen LogP contribution in [0.3, 0.4) is 0 Å². The van der Waals surface area contributed by atoms with E-state index in [9.17, 15) is 4.79 Å². The molecule has 89 valence electrons. The van der Waals surface area contributed by atoms with Crippen LogP contribution in [-0.2, 0) is 4.74 Å². The van der Waals surface area contributed by atoms with E-state index in [0.717, 1.165) is 17.3 Å². The molecule has 0 saturated heterocycles. The van der Waals surface area contributed by atoms with Gasteiger partial charge in [0.2, 0.25) is 0 Å². The summed E-state index contributed by atoms with van der Waals surface area (Å²) in [4.78, 5) is 11.4. The Morgan fingerprint density at radius 2 is 2.13 bits per heavy atom. The Morgan fingerprint density at radius 1 is 1.53 bits per heavy atom. The summed E-state index contributed by atoms with van der Waals surface area (Å²) >= 11 is 2.33. The van der Waals surface area contributed by atoms with E-state index in [1.165, 1.54) is 0 Å². The zero-order valence-corrected chi connectivity index (χ0v) is 12.1. The van der Waals surface area contributed by atoms with E-state index in [-0.39, 0.29) is 12.1 Å². The predicted molar refractivity (Wildman–Crippen MR) is 71.3 cm³/mol. The second kappa shape index (κ2) is 7.30. The van der Waals surface area contributed by atoms with Crippen molar-refractivity contribution in [2.24, 2.45) is 0 Å². The minimum Gasteiger partial charge on any atom is -0.444 e. The normalized spacial score (nSPS) is 13.4. The number of nitrogens with one attached hydrogen (secondary N) is 1. The highest BCUT2D eigenvalue weighted by atomic mass is 127. The Labute approximate surface area is 106 Å². The third-order valence-electron chi connectivity index (χ3n) is 1.60. The van der Waals surface area contributed by atoms with Gasteiger partial charge < -0.3 is 10.1 Å². The Morgan fingerprint density at radius 3 is 2.60 bits per heavy atom. The van der Waals surface area contributed by atoms with Crippen LogP contribution in [0.1, 0.15) is 40.5 Å². The summed E-state index contributed by atoms with van der Waals surface area (Å²) in [5.74, 6) is 0. The van der Waals surface area contributed by atoms with Gasteiger partial charge in [-0.2, -0.15) is 0 Å². The van der Waals surface area contributed by atoms with E-state index < -0.39 is 5.60 Å². The fraction of sp³-hybridized carbons (Fsp3) is 0.818. The number of alkyl halides is 1. The molecule has 3 nitrogen and oxygen atoms in total. The lowest BCUT2D eigenvalue weighted by molar-refractivity contribution is 0.0508. The lowest BCUT2D eigenvalue weighted by Crippen LogP contribution is -2.37. The molecule has 1 unspecified atom stereocenters. The van der Waals surface area contributed by atoms with E-state index in [2.05, 4.69) is 34.3 Å². The van der Waals surface area contributed by atoms with Crippen molar-refractivity contribution in [3.8, 4) is 0 Å². The van der Waals surface area contributed by atoms with Gasteiger partial charge in [-0.3, -0.25) is 0 Å². The molecule has 15 heavy (non-hydrogen) atoms. The molecule has 0 aromatic rings. The Balaban J connectivity index is 3.67. The molecule has 1 radical (unpaired) electrons. The second-order valence-electron chi connectivity index (χ2n) is 4.55. The maximum Gasteiger partial charge on any atom is 0.407 e. The Hall–Kier alpha value is 0. The molecular weight excluding hydrogens is 305 g/mol. The molecule has 0 saturated carbocycles. The van der Waals surface area contributed by atoms with Crippen molar-refractivity contribution >= 4 is 28.7 Å². The highest BCUT2D eigenvalue weighted by molar-refractivity contribution is 14.1. The smallest absolute Gasteiger partial charge is 0.407 e. The fourth-order valence-electron chi connectivity index (χ4n) is 1.01. The molecule has 0 fully saturated rings. The standard InChI is InChI=1S/C11H21INO2/c1-9(7-5-6-8-12)13-10(14)15-11(2,3)4/h5,9H,6-8H2,1-4H3,(H,13,14). The van der Waals surface area contributed by atoms with Crippen LogP contribution in [0.15, 0.2) is 0 Å². The highest BCUT2D eigenvalue weighted by Crippen LogP contribution is 2.07. The van der Waals surface area contributed by atoms with Crippen LogP contribution in [0.25, 0.3) is 0 Å². The molecule has 0 aliphatic rings. The van der Waals surface area contributed by atoms with Crippen molar-refractivity contribution in [1.82, 2.24) is 5.32 Å². The molecule has 0 heterocycles. The molecule has 0 rings (SSSR count). The fourth-order valence-corrected chi connectivity index (χ4v) is 1.45. The van der Waals surface area contributed by atoms with Gasteiger partial charge in [0.1, 0.15) is 5.60 Å². The number of alkyl carbamates (subject to hydrolysis) is 1. The summed E-state index contributed by atoms with van der Waals surface area (Å²) in [6, 6.07) is 0.141. The SMILES string of the molecule is CC(C[CH]CCI)NC(=O)OC(C)(C)C.